The largest absolute Gasteiger partial charge is 0.494 e. The standard InChI is InChI=1S/C44H55N3O4S/c1-2-3-4-5-6-7-8-9-10-11-12-13-14-15-16-22-44(48)51-36-50-43-26-24-37-23-25-38(35-40(37)45-43)49-33-18-17-28-46-29-31-47(32-30-46)41-20-19-21-42-39(41)27-34-52-42/h3-4,6-7,9-10,12-13,19-21,23-27,34-35H,2,5,8,11,14-18,22,28-33,36H2,1H3/b4-3-,7-6-,10-9-,13-12-. The van der Waals surface area contributed by atoms with Gasteiger partial charge in [0.2, 0.25) is 12.7 Å². The second-order valence-electron chi connectivity index (χ2n) is 13.0. The Labute approximate surface area is 314 Å². The van der Waals surface area contributed by atoms with E-state index in [-0.39, 0.29) is 12.8 Å². The number of allylic oxidation sites excluding steroid dienone is 8. The van der Waals surface area contributed by atoms with Crippen LogP contribution in [0.1, 0.15) is 71.1 Å². The first kappa shape index (κ1) is 38.8. The summed E-state index contributed by atoms with van der Waals surface area (Å²) in [5.41, 5.74) is 2.15. The lowest BCUT2D eigenvalue weighted by Gasteiger charge is -2.36. The molecule has 0 radical (unpaired) electrons. The van der Waals surface area contributed by atoms with Crippen molar-refractivity contribution in [3.8, 4) is 11.6 Å². The Kier molecular flexibility index (Phi) is 16.8. The lowest BCUT2D eigenvalue weighted by molar-refractivity contribution is -0.150. The van der Waals surface area contributed by atoms with Gasteiger partial charge >= 0.3 is 5.97 Å². The van der Waals surface area contributed by atoms with Crippen molar-refractivity contribution in [1.82, 2.24) is 9.88 Å². The van der Waals surface area contributed by atoms with Crippen LogP contribution in [0.5, 0.6) is 11.6 Å². The fraction of sp³-hybridized carbons (Fsp3) is 0.409. The number of fused-ring (bicyclic) bond motifs is 2. The predicted octanol–water partition coefficient (Wildman–Crippen LogP) is 10.7. The zero-order chi connectivity index (χ0) is 36.1. The van der Waals surface area contributed by atoms with E-state index in [0.29, 0.717) is 18.9 Å². The van der Waals surface area contributed by atoms with Gasteiger partial charge in [0, 0.05) is 65.9 Å². The molecule has 0 aliphatic carbocycles. The molecule has 1 fully saturated rings. The van der Waals surface area contributed by atoms with Crippen molar-refractivity contribution in [3.05, 3.63) is 109 Å². The smallest absolute Gasteiger partial charge is 0.308 e. The minimum absolute atomic E-state index is 0.149. The molecule has 4 aromatic rings. The van der Waals surface area contributed by atoms with E-state index < -0.39 is 0 Å². The first-order chi connectivity index (χ1) is 25.7. The molecule has 0 amide bonds. The van der Waals surface area contributed by atoms with Crippen LogP contribution in [0.3, 0.4) is 0 Å². The molecule has 0 unspecified atom stereocenters. The average Bonchev–Trinajstić information content (AvgIpc) is 3.66. The Balaban J connectivity index is 0.898. The van der Waals surface area contributed by atoms with Crippen LogP contribution in [-0.2, 0) is 9.53 Å². The van der Waals surface area contributed by atoms with Gasteiger partial charge in [-0.05, 0) is 106 Å². The third-order valence-corrected chi connectivity index (χ3v) is 9.99. The number of piperazine rings is 1. The number of pyridine rings is 1. The van der Waals surface area contributed by atoms with Crippen LogP contribution in [0.25, 0.3) is 21.0 Å². The number of aromatic nitrogens is 1. The van der Waals surface area contributed by atoms with E-state index in [2.05, 4.69) is 100.0 Å². The highest BCUT2D eigenvalue weighted by Gasteiger charge is 2.18. The van der Waals surface area contributed by atoms with Gasteiger partial charge in [-0.2, -0.15) is 0 Å². The maximum Gasteiger partial charge on any atom is 0.308 e. The van der Waals surface area contributed by atoms with Gasteiger partial charge < -0.3 is 19.1 Å². The maximum atomic E-state index is 12.2. The third-order valence-electron chi connectivity index (χ3n) is 9.11. The van der Waals surface area contributed by atoms with E-state index in [1.807, 2.05) is 35.6 Å². The van der Waals surface area contributed by atoms with E-state index in [9.17, 15) is 4.79 Å². The molecular formula is C44H55N3O4S. The summed E-state index contributed by atoms with van der Waals surface area (Å²) < 4.78 is 18.4. The molecule has 0 atom stereocenters. The van der Waals surface area contributed by atoms with Gasteiger partial charge in [0.25, 0.3) is 0 Å². The molecular weight excluding hydrogens is 667 g/mol. The summed E-state index contributed by atoms with van der Waals surface area (Å²) >= 11 is 1.81. The molecule has 7 nitrogen and oxygen atoms in total. The number of benzene rings is 2. The molecule has 1 saturated heterocycles. The lowest BCUT2D eigenvalue weighted by atomic mass is 10.2. The van der Waals surface area contributed by atoms with Gasteiger partial charge in [-0.1, -0.05) is 61.6 Å². The SMILES string of the molecule is CC/C=C\C/C=C\C/C=C\C/C=C\CCCCC(=O)OCOc1ccc2ccc(OCCCCN3CCN(c4cccc5sccc45)CC3)cc2n1. The minimum Gasteiger partial charge on any atom is -0.494 e. The summed E-state index contributed by atoms with van der Waals surface area (Å²) in [6.07, 6.45) is 26.7. The number of carbonyl (C=O) groups is 1. The lowest BCUT2D eigenvalue weighted by Crippen LogP contribution is -2.46. The number of rotatable bonds is 22. The van der Waals surface area contributed by atoms with E-state index >= 15 is 0 Å². The molecule has 5 rings (SSSR count). The summed E-state index contributed by atoms with van der Waals surface area (Å²) in [6, 6.07) is 18.6. The summed E-state index contributed by atoms with van der Waals surface area (Å²) in [6.45, 7) is 8.08. The second-order valence-corrected chi connectivity index (χ2v) is 14.0. The number of carbonyl (C=O) groups excluding carboxylic acids is 1. The number of anilines is 1. The summed E-state index contributed by atoms with van der Waals surface area (Å²) in [5, 5.41) is 4.56. The van der Waals surface area contributed by atoms with E-state index in [4.69, 9.17) is 14.2 Å². The number of thiophene rings is 1. The number of esters is 1. The van der Waals surface area contributed by atoms with Gasteiger partial charge in [0.05, 0.1) is 12.1 Å². The molecule has 0 bridgehead atoms. The number of unbranched alkanes of at least 4 members (excludes halogenated alkanes) is 3. The Bertz CT molecular complexity index is 1770. The normalized spacial score (nSPS) is 14.2. The van der Waals surface area contributed by atoms with Crippen molar-refractivity contribution < 1.29 is 19.0 Å². The quantitative estimate of drug-likeness (QED) is 0.0346. The van der Waals surface area contributed by atoms with Crippen LogP contribution in [0.15, 0.2) is 109 Å². The van der Waals surface area contributed by atoms with Crippen molar-refractivity contribution in [2.24, 2.45) is 0 Å². The highest BCUT2D eigenvalue weighted by Crippen LogP contribution is 2.31. The van der Waals surface area contributed by atoms with E-state index in [1.54, 1.807) is 6.07 Å². The zero-order valence-corrected chi connectivity index (χ0v) is 31.6. The number of nitrogens with zero attached hydrogens (tertiary/aromatic N) is 3. The third kappa shape index (κ3) is 13.3. The molecule has 0 spiro atoms. The first-order valence-electron chi connectivity index (χ1n) is 19.0. The Morgan fingerprint density at radius 3 is 2.38 bits per heavy atom. The number of ether oxygens (including phenoxy) is 3. The molecule has 1 aliphatic rings. The molecule has 0 saturated carbocycles. The van der Waals surface area contributed by atoms with Crippen LogP contribution in [0.4, 0.5) is 5.69 Å². The zero-order valence-electron chi connectivity index (χ0n) is 30.8. The van der Waals surface area contributed by atoms with Crippen LogP contribution in [-0.4, -0.2) is 62.0 Å². The maximum absolute atomic E-state index is 12.2. The van der Waals surface area contributed by atoms with Gasteiger partial charge in [0.15, 0.2) is 0 Å². The predicted molar refractivity (Wildman–Crippen MR) is 218 cm³/mol. The van der Waals surface area contributed by atoms with Crippen molar-refractivity contribution in [2.75, 3.05) is 51.0 Å². The average molecular weight is 722 g/mol. The Morgan fingerprint density at radius 2 is 1.58 bits per heavy atom. The molecule has 8 heteroatoms. The summed E-state index contributed by atoms with van der Waals surface area (Å²) in [4.78, 5) is 21.9. The highest BCUT2D eigenvalue weighted by molar-refractivity contribution is 7.17. The van der Waals surface area contributed by atoms with E-state index in [1.165, 1.54) is 15.8 Å². The van der Waals surface area contributed by atoms with Gasteiger partial charge in [0.1, 0.15) is 5.75 Å². The molecule has 276 valence electrons. The van der Waals surface area contributed by atoms with Gasteiger partial charge in [-0.3, -0.25) is 9.69 Å². The van der Waals surface area contributed by atoms with Gasteiger partial charge in [-0.15, -0.1) is 11.3 Å². The second kappa shape index (κ2) is 22.5. The number of hydrogen-bond acceptors (Lipinski definition) is 8. The fourth-order valence-electron chi connectivity index (χ4n) is 6.20. The summed E-state index contributed by atoms with van der Waals surface area (Å²) in [7, 11) is 0. The molecule has 3 heterocycles. The monoisotopic (exact) mass is 721 g/mol. The molecule has 1 aliphatic heterocycles. The van der Waals surface area contributed by atoms with Crippen molar-refractivity contribution in [3.63, 3.8) is 0 Å². The van der Waals surface area contributed by atoms with E-state index in [0.717, 1.165) is 107 Å². The van der Waals surface area contributed by atoms with Crippen molar-refractivity contribution in [2.45, 2.75) is 71.1 Å². The molecule has 0 N–H and O–H groups in total. The van der Waals surface area contributed by atoms with Crippen LogP contribution in [0.2, 0.25) is 0 Å². The Morgan fingerprint density at radius 1 is 0.808 bits per heavy atom. The van der Waals surface area contributed by atoms with Crippen LogP contribution < -0.4 is 14.4 Å². The Hall–Kier alpha value is -4.40. The first-order valence-corrected chi connectivity index (χ1v) is 19.9. The number of hydrogen-bond donors (Lipinski definition) is 0. The minimum atomic E-state index is -0.254. The molecule has 2 aromatic carbocycles. The molecule has 2 aromatic heterocycles. The van der Waals surface area contributed by atoms with Gasteiger partial charge in [-0.25, -0.2) is 4.98 Å². The van der Waals surface area contributed by atoms with Crippen LogP contribution >= 0.6 is 11.3 Å². The van der Waals surface area contributed by atoms with Crippen LogP contribution in [0, 0.1) is 0 Å². The molecule has 52 heavy (non-hydrogen) atoms. The highest BCUT2D eigenvalue weighted by atomic mass is 32.1. The topological polar surface area (TPSA) is 64.1 Å². The van der Waals surface area contributed by atoms with Crippen molar-refractivity contribution >= 4 is 44.0 Å². The fourth-order valence-corrected chi connectivity index (χ4v) is 7.01. The van der Waals surface area contributed by atoms with Crippen molar-refractivity contribution in [1.29, 1.82) is 0 Å². The summed E-state index contributed by atoms with van der Waals surface area (Å²) in [5.74, 6) is 0.963.